The van der Waals surface area contributed by atoms with Crippen LogP contribution in [0.1, 0.15) is 5.56 Å². The minimum absolute atomic E-state index is 0.0135. The highest BCUT2D eigenvalue weighted by atomic mass is 35.5. The van der Waals surface area contributed by atoms with E-state index in [0.29, 0.717) is 6.07 Å². The molecule has 29 heavy (non-hydrogen) atoms. The zero-order chi connectivity index (χ0) is 21.2. The third-order valence-corrected chi connectivity index (χ3v) is 5.73. The number of anilines is 1. The van der Waals surface area contributed by atoms with E-state index in [1.54, 1.807) is 6.07 Å². The third-order valence-electron chi connectivity index (χ3n) is 3.95. The van der Waals surface area contributed by atoms with Crippen LogP contribution in [0.15, 0.2) is 53.4 Å². The van der Waals surface area contributed by atoms with Crippen molar-refractivity contribution in [3.05, 3.63) is 59.1 Å². The van der Waals surface area contributed by atoms with E-state index in [1.165, 1.54) is 30.3 Å². The Bertz CT molecular complexity index is 1000. The number of carbonyl (C=O) groups excluding carboxylic acids is 1. The minimum atomic E-state index is -4.69. The molecule has 2 unspecified atom stereocenters. The number of hydrogen-bond donors (Lipinski definition) is 5. The molecule has 1 saturated heterocycles. The highest BCUT2D eigenvalue weighted by molar-refractivity contribution is 7.89. The van der Waals surface area contributed by atoms with Gasteiger partial charge in [0.1, 0.15) is 12.2 Å². The average molecular weight is 450 g/mol. The minimum Gasteiger partial charge on any atom is -0.325 e. The first-order valence-electron chi connectivity index (χ1n) is 8.09. The van der Waals surface area contributed by atoms with Crippen molar-refractivity contribution in [3.63, 3.8) is 0 Å². The number of carbonyl (C=O) groups is 1. The fourth-order valence-electron chi connectivity index (χ4n) is 2.55. The fraction of sp³-hybridized carbons (Fsp3) is 0.188. The molecule has 8 nitrogen and oxygen atoms in total. The van der Waals surface area contributed by atoms with Gasteiger partial charge in [0, 0.05) is 5.69 Å². The molecule has 13 heteroatoms. The maximum atomic E-state index is 13.0. The Morgan fingerprint density at radius 3 is 2.41 bits per heavy atom. The largest absolute Gasteiger partial charge is 0.417 e. The van der Waals surface area contributed by atoms with Gasteiger partial charge in [-0.05, 0) is 30.3 Å². The van der Waals surface area contributed by atoms with Crippen LogP contribution in [0.4, 0.5) is 18.9 Å². The predicted octanol–water partition coefficient (Wildman–Crippen LogP) is 1.58. The predicted molar refractivity (Wildman–Crippen MR) is 98.8 cm³/mol. The van der Waals surface area contributed by atoms with Gasteiger partial charge >= 0.3 is 6.18 Å². The number of nitrogens with one attached hydrogen (secondary N) is 5. The van der Waals surface area contributed by atoms with Crippen LogP contribution in [-0.4, -0.2) is 26.5 Å². The zero-order valence-corrected chi connectivity index (χ0v) is 16.0. The van der Waals surface area contributed by atoms with Crippen LogP contribution in [0.3, 0.4) is 0 Å². The molecule has 2 aromatic carbocycles. The van der Waals surface area contributed by atoms with Gasteiger partial charge in [0.2, 0.25) is 15.9 Å². The molecule has 0 radical (unpaired) electrons. The molecule has 2 atom stereocenters. The highest BCUT2D eigenvalue weighted by Gasteiger charge is 2.37. The van der Waals surface area contributed by atoms with Crippen LogP contribution in [0.25, 0.3) is 0 Å². The Hall–Kier alpha value is -2.22. The van der Waals surface area contributed by atoms with Crippen LogP contribution in [0.5, 0.6) is 0 Å². The molecule has 2 aromatic rings. The molecule has 0 bridgehead atoms. The Kier molecular flexibility index (Phi) is 6.12. The Balaban J connectivity index is 1.74. The van der Waals surface area contributed by atoms with Gasteiger partial charge in [-0.25, -0.2) is 19.3 Å². The van der Waals surface area contributed by atoms with Crippen molar-refractivity contribution in [1.29, 1.82) is 0 Å². The quantitative estimate of drug-likeness (QED) is 0.474. The lowest BCUT2D eigenvalue weighted by Gasteiger charge is -2.19. The summed E-state index contributed by atoms with van der Waals surface area (Å²) in [7, 11) is -3.95. The number of amides is 1. The van der Waals surface area contributed by atoms with Gasteiger partial charge in [-0.15, -0.1) is 0 Å². The van der Waals surface area contributed by atoms with Gasteiger partial charge in [-0.3, -0.25) is 4.79 Å². The second kappa shape index (κ2) is 8.26. The molecule has 1 amide bonds. The monoisotopic (exact) mass is 449 g/mol. The average Bonchev–Trinajstić information content (AvgIpc) is 3.10. The van der Waals surface area contributed by atoms with E-state index in [4.69, 9.17) is 11.6 Å². The number of halogens is 4. The van der Waals surface area contributed by atoms with Crippen molar-refractivity contribution >= 4 is 33.2 Å². The standard InChI is InChI=1S/C16H15ClF3N5O3S/c17-12-7-6-9(8-11(12)16(18,19)20)21-15(26)13-14(23-25-22-13)24-29(27,28)10-4-2-1-3-5-10/h1-8,13-14,22-25H,(H,21,26). The molecule has 156 valence electrons. The van der Waals surface area contributed by atoms with Crippen LogP contribution in [0, 0.1) is 0 Å². The van der Waals surface area contributed by atoms with Crippen LogP contribution < -0.4 is 26.4 Å². The van der Waals surface area contributed by atoms with Gasteiger partial charge in [0.15, 0.2) is 0 Å². The molecular formula is C16H15ClF3N5O3S. The van der Waals surface area contributed by atoms with Crippen LogP contribution in [-0.2, 0) is 21.0 Å². The summed E-state index contributed by atoms with van der Waals surface area (Å²) < 4.78 is 66.1. The number of alkyl halides is 3. The molecule has 3 rings (SSSR count). The molecule has 0 saturated carbocycles. The third kappa shape index (κ3) is 5.04. The Morgan fingerprint density at radius 1 is 1.07 bits per heavy atom. The topological polar surface area (TPSA) is 111 Å². The first-order valence-corrected chi connectivity index (χ1v) is 9.95. The second-order valence-electron chi connectivity index (χ2n) is 5.98. The van der Waals surface area contributed by atoms with Gasteiger partial charge in [-0.1, -0.05) is 29.8 Å². The molecule has 1 aliphatic heterocycles. The maximum absolute atomic E-state index is 13.0. The second-order valence-corrected chi connectivity index (χ2v) is 8.11. The summed E-state index contributed by atoms with van der Waals surface area (Å²) >= 11 is 5.56. The lowest BCUT2D eigenvalue weighted by atomic mass is 10.1. The zero-order valence-electron chi connectivity index (χ0n) is 14.4. The number of sulfonamides is 1. The van der Waals surface area contributed by atoms with Crippen molar-refractivity contribution in [2.24, 2.45) is 0 Å². The van der Waals surface area contributed by atoms with Crippen molar-refractivity contribution in [2.75, 3.05) is 5.32 Å². The van der Waals surface area contributed by atoms with Crippen molar-refractivity contribution in [3.8, 4) is 0 Å². The smallest absolute Gasteiger partial charge is 0.325 e. The molecule has 0 aromatic heterocycles. The van der Waals surface area contributed by atoms with Crippen LogP contribution in [0.2, 0.25) is 5.02 Å². The van der Waals surface area contributed by atoms with Gasteiger partial charge in [0.05, 0.1) is 15.5 Å². The lowest BCUT2D eigenvalue weighted by molar-refractivity contribution is -0.137. The normalized spacial score (nSPS) is 19.9. The van der Waals surface area contributed by atoms with Gasteiger partial charge in [-0.2, -0.15) is 23.4 Å². The number of hydrazine groups is 2. The molecule has 5 N–H and O–H groups in total. The molecule has 1 aliphatic rings. The first-order chi connectivity index (χ1) is 13.6. The van der Waals surface area contributed by atoms with E-state index >= 15 is 0 Å². The van der Waals surface area contributed by atoms with E-state index in [1.807, 2.05) is 0 Å². The summed E-state index contributed by atoms with van der Waals surface area (Å²) in [5, 5.41) is 1.80. The Morgan fingerprint density at radius 2 is 1.76 bits per heavy atom. The molecule has 1 fully saturated rings. The summed E-state index contributed by atoms with van der Waals surface area (Å²) in [5.74, 6) is -0.779. The maximum Gasteiger partial charge on any atom is 0.417 e. The van der Waals surface area contributed by atoms with Gasteiger partial charge in [0.25, 0.3) is 0 Å². The summed E-state index contributed by atoms with van der Waals surface area (Å²) in [5.41, 5.74) is 6.21. The molecule has 1 heterocycles. The molecular weight excluding hydrogens is 435 g/mol. The number of benzene rings is 2. The number of hydrogen-bond acceptors (Lipinski definition) is 6. The van der Waals surface area contributed by atoms with E-state index in [2.05, 4.69) is 26.4 Å². The summed E-state index contributed by atoms with van der Waals surface area (Å²) in [6.07, 6.45) is -5.81. The SMILES string of the molecule is O=C(Nc1ccc(Cl)c(C(F)(F)F)c1)C1NNNC1NS(=O)(=O)c1ccccc1. The van der Waals surface area contributed by atoms with Crippen LogP contribution >= 0.6 is 11.6 Å². The van der Waals surface area contributed by atoms with Crippen molar-refractivity contribution < 1.29 is 26.4 Å². The Labute approximate surface area is 168 Å². The first kappa shape index (κ1) is 21.5. The lowest BCUT2D eigenvalue weighted by Crippen LogP contribution is -2.53. The van der Waals surface area contributed by atoms with Gasteiger partial charge < -0.3 is 5.32 Å². The van der Waals surface area contributed by atoms with Crippen molar-refractivity contribution in [1.82, 2.24) is 21.1 Å². The van der Waals surface area contributed by atoms with E-state index in [-0.39, 0.29) is 10.6 Å². The van der Waals surface area contributed by atoms with E-state index < -0.39 is 44.9 Å². The molecule has 0 spiro atoms. The fourth-order valence-corrected chi connectivity index (χ4v) is 3.96. The van der Waals surface area contributed by atoms with E-state index in [0.717, 1.165) is 6.07 Å². The summed E-state index contributed by atoms with van der Waals surface area (Å²) in [6, 6.07) is 9.21. The van der Waals surface area contributed by atoms with Crippen molar-refractivity contribution in [2.45, 2.75) is 23.3 Å². The number of rotatable bonds is 5. The summed E-state index contributed by atoms with van der Waals surface area (Å²) in [4.78, 5) is 12.5. The highest BCUT2D eigenvalue weighted by Crippen LogP contribution is 2.36. The van der Waals surface area contributed by atoms with E-state index in [9.17, 15) is 26.4 Å². The molecule has 0 aliphatic carbocycles. The summed E-state index contributed by atoms with van der Waals surface area (Å²) in [6.45, 7) is 0.